The van der Waals surface area contributed by atoms with E-state index in [1.54, 1.807) is 0 Å². The first-order chi connectivity index (χ1) is 17.9. The van der Waals surface area contributed by atoms with E-state index in [-0.39, 0.29) is 29.6 Å². The molecule has 2 amide bonds. The van der Waals surface area contributed by atoms with E-state index in [0.717, 1.165) is 41.7 Å². The first-order valence-corrected chi connectivity index (χ1v) is 14.5. The van der Waals surface area contributed by atoms with E-state index in [0.29, 0.717) is 30.5 Å². The molecule has 1 aromatic carbocycles. The van der Waals surface area contributed by atoms with E-state index < -0.39 is 0 Å². The molecule has 1 saturated heterocycles. The SMILES string of the molecule is Cc1ccc(NC(=O)[C@H]2CN(C(=O)C(C)C)C[C@@H]2c2nnc([C@H]3C[C@@H](CC(C)(C)C)C3)n2C2CC2)c(C)c1. The van der Waals surface area contributed by atoms with Crippen molar-refractivity contribution in [3.63, 3.8) is 0 Å². The Bertz CT molecular complexity index is 1200. The van der Waals surface area contributed by atoms with Gasteiger partial charge in [-0.15, -0.1) is 10.2 Å². The molecule has 2 atom stereocenters. The van der Waals surface area contributed by atoms with Crippen LogP contribution in [0.4, 0.5) is 5.69 Å². The van der Waals surface area contributed by atoms with Gasteiger partial charge in [0, 0.05) is 36.7 Å². The second-order valence-electron chi connectivity index (χ2n) is 13.7. The Hall–Kier alpha value is -2.70. The second kappa shape index (κ2) is 10.1. The van der Waals surface area contributed by atoms with Crippen LogP contribution in [0.15, 0.2) is 18.2 Å². The summed E-state index contributed by atoms with van der Waals surface area (Å²) in [6.07, 6.45) is 5.85. The fourth-order valence-electron chi connectivity index (χ4n) is 6.59. The highest BCUT2D eigenvalue weighted by Crippen LogP contribution is 2.49. The van der Waals surface area contributed by atoms with Crippen molar-refractivity contribution in [3.8, 4) is 0 Å². The average molecular weight is 520 g/mol. The van der Waals surface area contributed by atoms with Gasteiger partial charge >= 0.3 is 0 Å². The molecule has 1 N–H and O–H groups in total. The van der Waals surface area contributed by atoms with Gasteiger partial charge in [-0.25, -0.2) is 0 Å². The molecule has 38 heavy (non-hydrogen) atoms. The summed E-state index contributed by atoms with van der Waals surface area (Å²) in [6, 6.07) is 6.50. The van der Waals surface area contributed by atoms with E-state index in [2.05, 4.69) is 43.6 Å². The number of hydrogen-bond donors (Lipinski definition) is 1. The Balaban J connectivity index is 1.41. The van der Waals surface area contributed by atoms with E-state index >= 15 is 0 Å². The molecule has 2 aliphatic carbocycles. The van der Waals surface area contributed by atoms with Crippen LogP contribution in [0.2, 0.25) is 0 Å². The van der Waals surface area contributed by atoms with E-state index in [1.807, 2.05) is 37.8 Å². The number of anilines is 1. The fourth-order valence-corrected chi connectivity index (χ4v) is 6.59. The molecule has 206 valence electrons. The lowest BCUT2D eigenvalue weighted by Gasteiger charge is -2.38. The number of nitrogens with one attached hydrogen (secondary N) is 1. The van der Waals surface area contributed by atoms with Crippen LogP contribution in [0.25, 0.3) is 0 Å². The number of carbonyl (C=O) groups excluding carboxylic acids is 2. The number of likely N-dealkylation sites (tertiary alicyclic amines) is 1. The topological polar surface area (TPSA) is 80.1 Å². The molecule has 0 spiro atoms. The Morgan fingerprint density at radius 2 is 1.74 bits per heavy atom. The quantitative estimate of drug-likeness (QED) is 0.487. The molecule has 2 aromatic rings. The largest absolute Gasteiger partial charge is 0.341 e. The normalized spacial score (nSPS) is 25.5. The van der Waals surface area contributed by atoms with Gasteiger partial charge < -0.3 is 14.8 Å². The number of amides is 2. The minimum atomic E-state index is -0.358. The van der Waals surface area contributed by atoms with Crippen LogP contribution in [-0.2, 0) is 9.59 Å². The van der Waals surface area contributed by atoms with Crippen LogP contribution in [0, 0.1) is 37.0 Å². The third-order valence-corrected chi connectivity index (χ3v) is 8.60. The number of nitrogens with zero attached hydrogens (tertiary/aromatic N) is 4. The maximum absolute atomic E-state index is 13.7. The van der Waals surface area contributed by atoms with Crippen molar-refractivity contribution in [1.29, 1.82) is 0 Å². The highest BCUT2D eigenvalue weighted by Gasteiger charge is 2.46. The molecule has 0 radical (unpaired) electrons. The lowest BCUT2D eigenvalue weighted by Crippen LogP contribution is -2.34. The van der Waals surface area contributed by atoms with Crippen LogP contribution in [0.3, 0.4) is 0 Å². The highest BCUT2D eigenvalue weighted by molar-refractivity contribution is 5.95. The molecule has 7 heteroatoms. The summed E-state index contributed by atoms with van der Waals surface area (Å²) >= 11 is 0. The maximum atomic E-state index is 13.7. The Morgan fingerprint density at radius 1 is 1.05 bits per heavy atom. The van der Waals surface area contributed by atoms with Crippen LogP contribution < -0.4 is 5.32 Å². The van der Waals surface area contributed by atoms with Crippen molar-refractivity contribution < 1.29 is 9.59 Å². The molecule has 3 aliphatic rings. The summed E-state index contributed by atoms with van der Waals surface area (Å²) < 4.78 is 2.38. The predicted molar refractivity (Wildman–Crippen MR) is 150 cm³/mol. The number of aryl methyl sites for hydroxylation is 2. The molecule has 2 heterocycles. The van der Waals surface area contributed by atoms with Crippen molar-refractivity contribution in [2.24, 2.45) is 23.2 Å². The van der Waals surface area contributed by atoms with Crippen molar-refractivity contribution >= 4 is 17.5 Å². The Kier molecular flexibility index (Phi) is 7.16. The van der Waals surface area contributed by atoms with Gasteiger partial charge in [0.05, 0.1) is 11.8 Å². The molecule has 1 aromatic heterocycles. The highest BCUT2D eigenvalue weighted by atomic mass is 16.2. The van der Waals surface area contributed by atoms with Crippen molar-refractivity contribution in [1.82, 2.24) is 19.7 Å². The summed E-state index contributed by atoms with van der Waals surface area (Å²) in [5, 5.41) is 12.7. The summed E-state index contributed by atoms with van der Waals surface area (Å²) in [7, 11) is 0. The van der Waals surface area contributed by atoms with Gasteiger partial charge in [-0.2, -0.15) is 0 Å². The van der Waals surface area contributed by atoms with Crippen LogP contribution >= 0.6 is 0 Å². The van der Waals surface area contributed by atoms with Crippen LogP contribution in [0.1, 0.15) is 107 Å². The number of benzene rings is 1. The zero-order valence-corrected chi connectivity index (χ0v) is 24.3. The lowest BCUT2D eigenvalue weighted by atomic mass is 9.68. The van der Waals surface area contributed by atoms with Gasteiger partial charge in [-0.05, 0) is 68.9 Å². The average Bonchev–Trinajstić information content (AvgIpc) is 3.40. The zero-order chi connectivity index (χ0) is 27.4. The standard InChI is InChI=1S/C31H45N5O2/c1-18(2)30(38)35-16-24(25(17-35)29(37)32-26-11-8-19(3)12-20(26)4)28-34-33-27(36(28)23-9-10-23)22-13-21(14-22)15-31(5,6)7/h8,11-12,18,21-25H,9-10,13-17H2,1-7H3,(H,32,37)/t21-,22+,24-,25-/m0/s1. The molecule has 0 bridgehead atoms. The third-order valence-electron chi connectivity index (χ3n) is 8.60. The number of aromatic nitrogens is 3. The van der Waals surface area contributed by atoms with Crippen molar-refractivity contribution in [2.75, 3.05) is 18.4 Å². The van der Waals surface area contributed by atoms with Gasteiger partial charge in [0.15, 0.2) is 0 Å². The zero-order valence-electron chi connectivity index (χ0n) is 24.3. The minimum Gasteiger partial charge on any atom is -0.341 e. The van der Waals surface area contributed by atoms with Gasteiger partial charge in [0.1, 0.15) is 11.6 Å². The van der Waals surface area contributed by atoms with Crippen LogP contribution in [-0.4, -0.2) is 44.6 Å². The van der Waals surface area contributed by atoms with E-state index in [9.17, 15) is 9.59 Å². The van der Waals surface area contributed by atoms with E-state index in [1.165, 1.54) is 24.8 Å². The Labute approximate surface area is 227 Å². The van der Waals surface area contributed by atoms with Crippen molar-refractivity contribution in [3.05, 3.63) is 41.0 Å². The molecule has 2 saturated carbocycles. The third kappa shape index (κ3) is 5.52. The molecular weight excluding hydrogens is 474 g/mol. The maximum Gasteiger partial charge on any atom is 0.230 e. The van der Waals surface area contributed by atoms with Crippen LogP contribution in [0.5, 0.6) is 0 Å². The summed E-state index contributed by atoms with van der Waals surface area (Å²) in [5.41, 5.74) is 3.38. The van der Waals surface area contributed by atoms with Gasteiger partial charge in [0.25, 0.3) is 0 Å². The summed E-state index contributed by atoms with van der Waals surface area (Å²) in [5.74, 6) is 2.63. The Morgan fingerprint density at radius 3 is 2.34 bits per heavy atom. The first kappa shape index (κ1) is 26.9. The van der Waals surface area contributed by atoms with Gasteiger partial charge in [0.2, 0.25) is 11.8 Å². The minimum absolute atomic E-state index is 0.0400. The number of hydrogen-bond acceptors (Lipinski definition) is 4. The monoisotopic (exact) mass is 519 g/mol. The smallest absolute Gasteiger partial charge is 0.230 e. The van der Waals surface area contributed by atoms with Gasteiger partial charge in [-0.3, -0.25) is 9.59 Å². The predicted octanol–water partition coefficient (Wildman–Crippen LogP) is 6.00. The number of rotatable bonds is 7. The van der Waals surface area contributed by atoms with Gasteiger partial charge in [-0.1, -0.05) is 52.3 Å². The molecule has 3 fully saturated rings. The molecular formula is C31H45N5O2. The molecule has 7 nitrogen and oxygen atoms in total. The second-order valence-corrected chi connectivity index (χ2v) is 13.7. The molecule has 1 aliphatic heterocycles. The van der Waals surface area contributed by atoms with Crippen molar-refractivity contribution in [2.45, 2.75) is 98.4 Å². The fraction of sp³-hybridized carbons (Fsp3) is 0.677. The lowest BCUT2D eigenvalue weighted by molar-refractivity contribution is -0.133. The van der Waals surface area contributed by atoms with E-state index in [4.69, 9.17) is 10.2 Å². The summed E-state index contributed by atoms with van der Waals surface area (Å²) in [4.78, 5) is 28.7. The first-order valence-electron chi connectivity index (χ1n) is 14.5. The number of carbonyl (C=O) groups is 2. The molecule has 5 rings (SSSR count). The summed E-state index contributed by atoms with van der Waals surface area (Å²) in [6.45, 7) is 15.8. The molecule has 0 unspecified atom stereocenters.